The molecule has 2 aliphatic heterocycles. The number of hydrogen-bond donors (Lipinski definition) is 1. The van der Waals surface area contributed by atoms with Crippen LogP contribution in [0.5, 0.6) is 0 Å². The molecule has 1 amide bonds. The molecule has 0 bridgehead atoms. The molecule has 1 fully saturated rings. The van der Waals surface area contributed by atoms with Gasteiger partial charge in [0.15, 0.2) is 6.04 Å². The van der Waals surface area contributed by atoms with Crippen molar-refractivity contribution in [3.05, 3.63) is 42.0 Å². The first kappa shape index (κ1) is 20.6. The second-order valence-corrected chi connectivity index (χ2v) is 7.88. The predicted molar refractivity (Wildman–Crippen MR) is 101 cm³/mol. The Morgan fingerprint density at radius 3 is 2.63 bits per heavy atom. The maximum atomic E-state index is 13.7. The van der Waals surface area contributed by atoms with Crippen LogP contribution >= 0.6 is 0 Å². The van der Waals surface area contributed by atoms with Crippen molar-refractivity contribution in [2.45, 2.75) is 50.4 Å². The van der Waals surface area contributed by atoms with Crippen LogP contribution in [0.15, 0.2) is 30.6 Å². The number of anilines is 1. The van der Waals surface area contributed by atoms with Gasteiger partial charge in [-0.25, -0.2) is 9.07 Å². The number of aryl methyl sites for hydroxylation is 1. The Hall–Kier alpha value is -2.65. The average Bonchev–Trinajstić information content (AvgIpc) is 3.20. The first-order chi connectivity index (χ1) is 14.3. The molecule has 30 heavy (non-hydrogen) atoms. The van der Waals surface area contributed by atoms with Gasteiger partial charge in [-0.2, -0.15) is 23.3 Å². The van der Waals surface area contributed by atoms with E-state index in [4.69, 9.17) is 0 Å². The van der Waals surface area contributed by atoms with Crippen molar-refractivity contribution in [3.8, 4) is 0 Å². The lowest BCUT2D eigenvalue weighted by molar-refractivity contribution is -0.174. The first-order valence-corrected chi connectivity index (χ1v) is 10.1. The van der Waals surface area contributed by atoms with Crippen molar-refractivity contribution in [2.24, 2.45) is 5.92 Å². The Labute approximate surface area is 171 Å². The summed E-state index contributed by atoms with van der Waals surface area (Å²) in [5, 5.41) is 6.80. The Bertz CT molecular complexity index is 891. The average molecular weight is 425 g/mol. The lowest BCUT2D eigenvalue weighted by Crippen LogP contribution is -2.47. The summed E-state index contributed by atoms with van der Waals surface area (Å²) >= 11 is 0. The molecule has 1 saturated heterocycles. The normalized spacial score (nSPS) is 22.5. The molecule has 3 heterocycles. The van der Waals surface area contributed by atoms with E-state index in [1.807, 2.05) is 0 Å². The Morgan fingerprint density at radius 2 is 1.93 bits per heavy atom. The van der Waals surface area contributed by atoms with E-state index in [9.17, 15) is 22.4 Å². The number of fused-ring (bicyclic) bond motifs is 1. The molecule has 0 aliphatic carbocycles. The molecule has 0 unspecified atom stereocenters. The van der Waals surface area contributed by atoms with Crippen molar-refractivity contribution < 1.29 is 22.4 Å². The third-order valence-corrected chi connectivity index (χ3v) is 6.07. The zero-order chi connectivity index (χ0) is 21.3. The summed E-state index contributed by atoms with van der Waals surface area (Å²) in [6.45, 7) is 0.977. The predicted octanol–water partition coefficient (Wildman–Crippen LogP) is 3.58. The molecule has 6 nitrogen and oxygen atoms in total. The van der Waals surface area contributed by atoms with Crippen LogP contribution in [0.3, 0.4) is 0 Å². The van der Waals surface area contributed by atoms with E-state index in [2.05, 4.69) is 15.4 Å². The van der Waals surface area contributed by atoms with Crippen LogP contribution in [-0.4, -0.2) is 50.9 Å². The number of alkyl halides is 3. The summed E-state index contributed by atoms with van der Waals surface area (Å²) in [6.07, 6.45) is -1.60. The molecule has 1 N–H and O–H groups in total. The number of nitrogens with zero attached hydrogens (tertiary/aromatic N) is 4. The minimum Gasteiger partial charge on any atom is -0.351 e. The van der Waals surface area contributed by atoms with Gasteiger partial charge >= 0.3 is 6.18 Å². The van der Waals surface area contributed by atoms with Crippen LogP contribution in [-0.2, 0) is 11.2 Å². The SMILES string of the molecule is O=C(CCc1ccccc1F)N1CCC([C@@H]2C[C@H](C(F)(F)F)n3ncnc3N2)CC1. The number of benzene rings is 1. The number of nitrogens with one attached hydrogen (secondary N) is 1. The van der Waals surface area contributed by atoms with E-state index in [1.54, 1.807) is 23.1 Å². The van der Waals surface area contributed by atoms with Crippen molar-refractivity contribution in [3.63, 3.8) is 0 Å². The van der Waals surface area contributed by atoms with E-state index < -0.39 is 12.2 Å². The monoisotopic (exact) mass is 425 g/mol. The van der Waals surface area contributed by atoms with Gasteiger partial charge in [-0.3, -0.25) is 4.79 Å². The van der Waals surface area contributed by atoms with E-state index >= 15 is 0 Å². The van der Waals surface area contributed by atoms with Crippen LogP contribution in [0.4, 0.5) is 23.5 Å². The molecule has 2 aromatic rings. The summed E-state index contributed by atoms with van der Waals surface area (Å²) in [5.74, 6) is -0.228. The molecule has 2 atom stereocenters. The van der Waals surface area contributed by atoms with Crippen molar-refractivity contribution in [1.82, 2.24) is 19.7 Å². The summed E-state index contributed by atoms with van der Waals surface area (Å²) in [7, 11) is 0. The number of rotatable bonds is 4. The molecular formula is C20H23F4N5O. The van der Waals surface area contributed by atoms with Gasteiger partial charge in [-0.15, -0.1) is 0 Å². The minimum absolute atomic E-state index is 0.0101. The standard InChI is InChI=1S/C20H23F4N5O/c21-15-4-2-1-3-13(15)5-6-18(30)28-9-7-14(8-10-28)16-11-17(20(22,23)24)29-19(27-16)25-12-26-29/h1-4,12,14,16-17H,5-11H2,(H,25,26,27)/t16-,17+/m0/s1. The smallest absolute Gasteiger partial charge is 0.351 e. The van der Waals surface area contributed by atoms with Gasteiger partial charge in [0.2, 0.25) is 11.9 Å². The van der Waals surface area contributed by atoms with Gasteiger partial charge in [-0.1, -0.05) is 18.2 Å². The maximum Gasteiger partial charge on any atom is 0.411 e. The molecule has 4 rings (SSSR count). The molecule has 0 saturated carbocycles. The highest BCUT2D eigenvalue weighted by Crippen LogP contribution is 2.41. The minimum atomic E-state index is -4.40. The van der Waals surface area contributed by atoms with Crippen LogP contribution in [0.1, 0.15) is 37.3 Å². The molecule has 0 spiro atoms. The van der Waals surface area contributed by atoms with E-state index in [1.165, 1.54) is 6.07 Å². The zero-order valence-electron chi connectivity index (χ0n) is 16.3. The number of aromatic nitrogens is 3. The summed E-state index contributed by atoms with van der Waals surface area (Å²) in [6, 6.07) is 4.32. The van der Waals surface area contributed by atoms with Crippen LogP contribution in [0, 0.1) is 11.7 Å². The quantitative estimate of drug-likeness (QED) is 0.761. The molecule has 162 valence electrons. The Morgan fingerprint density at radius 1 is 1.20 bits per heavy atom. The van der Waals surface area contributed by atoms with Gasteiger partial charge in [0.05, 0.1) is 0 Å². The number of carbonyl (C=O) groups excluding carboxylic acids is 1. The Kier molecular flexibility index (Phi) is 5.66. The fraction of sp³-hybridized carbons (Fsp3) is 0.550. The van der Waals surface area contributed by atoms with E-state index in [-0.39, 0.29) is 42.5 Å². The fourth-order valence-corrected chi connectivity index (χ4v) is 4.38. The van der Waals surface area contributed by atoms with Gasteiger partial charge in [-0.05, 0) is 43.2 Å². The van der Waals surface area contributed by atoms with Gasteiger partial charge in [0.1, 0.15) is 12.1 Å². The molecule has 2 aliphatic rings. The van der Waals surface area contributed by atoms with Crippen molar-refractivity contribution in [1.29, 1.82) is 0 Å². The lowest BCUT2D eigenvalue weighted by Gasteiger charge is -2.40. The topological polar surface area (TPSA) is 63.1 Å². The summed E-state index contributed by atoms with van der Waals surface area (Å²) < 4.78 is 55.0. The van der Waals surface area contributed by atoms with Gasteiger partial charge in [0, 0.05) is 25.6 Å². The molecule has 1 aromatic carbocycles. The Balaban J connectivity index is 1.32. The molecule has 10 heteroatoms. The summed E-state index contributed by atoms with van der Waals surface area (Å²) in [5.41, 5.74) is 0.509. The van der Waals surface area contributed by atoms with Gasteiger partial charge in [0.25, 0.3) is 0 Å². The fourth-order valence-electron chi connectivity index (χ4n) is 4.38. The summed E-state index contributed by atoms with van der Waals surface area (Å²) in [4.78, 5) is 18.1. The number of likely N-dealkylation sites (tertiary alicyclic amines) is 1. The van der Waals surface area contributed by atoms with Gasteiger partial charge < -0.3 is 10.2 Å². The van der Waals surface area contributed by atoms with Crippen molar-refractivity contribution in [2.75, 3.05) is 18.4 Å². The lowest BCUT2D eigenvalue weighted by atomic mass is 9.85. The maximum absolute atomic E-state index is 13.7. The highest BCUT2D eigenvalue weighted by molar-refractivity contribution is 5.76. The number of carbonyl (C=O) groups is 1. The number of piperidine rings is 1. The highest BCUT2D eigenvalue weighted by atomic mass is 19.4. The second-order valence-electron chi connectivity index (χ2n) is 7.88. The van der Waals surface area contributed by atoms with Crippen LogP contribution < -0.4 is 5.32 Å². The third kappa shape index (κ3) is 4.27. The highest BCUT2D eigenvalue weighted by Gasteiger charge is 2.48. The van der Waals surface area contributed by atoms with E-state index in [0.717, 1.165) is 11.0 Å². The van der Waals surface area contributed by atoms with E-state index in [0.29, 0.717) is 37.9 Å². The number of hydrogen-bond acceptors (Lipinski definition) is 4. The third-order valence-electron chi connectivity index (χ3n) is 6.07. The second kappa shape index (κ2) is 8.23. The largest absolute Gasteiger partial charge is 0.411 e. The number of halogens is 4. The van der Waals surface area contributed by atoms with Crippen LogP contribution in [0.2, 0.25) is 0 Å². The van der Waals surface area contributed by atoms with Crippen LogP contribution in [0.25, 0.3) is 0 Å². The molecule has 1 aromatic heterocycles. The first-order valence-electron chi connectivity index (χ1n) is 10.1. The molecule has 0 radical (unpaired) electrons. The van der Waals surface area contributed by atoms with Crippen molar-refractivity contribution >= 4 is 11.9 Å². The number of amides is 1. The zero-order valence-corrected chi connectivity index (χ0v) is 16.3. The molecular weight excluding hydrogens is 402 g/mol.